The summed E-state index contributed by atoms with van der Waals surface area (Å²) < 4.78 is 1.82. The molecule has 6 heteroatoms. The van der Waals surface area contributed by atoms with Crippen LogP contribution in [0.2, 0.25) is 0 Å². The van der Waals surface area contributed by atoms with Gasteiger partial charge in [-0.3, -0.25) is 4.79 Å². The third-order valence-corrected chi connectivity index (χ3v) is 3.63. The van der Waals surface area contributed by atoms with Crippen molar-refractivity contribution >= 4 is 11.2 Å². The van der Waals surface area contributed by atoms with E-state index in [2.05, 4.69) is 21.9 Å². The molecule has 0 radical (unpaired) electrons. The number of aliphatic hydroxyl groups is 1. The first kappa shape index (κ1) is 14.7. The van der Waals surface area contributed by atoms with Gasteiger partial charge in [0.25, 0.3) is 5.56 Å². The lowest BCUT2D eigenvalue weighted by atomic mass is 10.0. The number of imidazole rings is 1. The Morgan fingerprint density at radius 1 is 1.35 bits per heavy atom. The minimum Gasteiger partial charge on any atom is -0.391 e. The number of nitrogens with zero attached hydrogens (tertiary/aromatic N) is 3. The number of aliphatic hydroxyl groups excluding tert-OH is 1. The fourth-order valence-corrected chi connectivity index (χ4v) is 2.50. The molecule has 2 rings (SSSR count). The van der Waals surface area contributed by atoms with Crippen molar-refractivity contribution in [3.05, 3.63) is 23.0 Å². The smallest absolute Gasteiger partial charge is 0.278 e. The average Bonchev–Trinajstić information content (AvgIpc) is 2.84. The summed E-state index contributed by atoms with van der Waals surface area (Å²) in [5.74, 6) is 0. The number of H-pyrrole nitrogens is 1. The number of fused-ring (bicyclic) bond motifs is 1. The molecule has 0 bridgehead atoms. The number of hydrogen-bond acceptors (Lipinski definition) is 4. The van der Waals surface area contributed by atoms with E-state index in [0.29, 0.717) is 11.2 Å². The minimum atomic E-state index is -0.505. The predicted molar refractivity (Wildman–Crippen MR) is 77.6 cm³/mol. The first-order chi connectivity index (χ1) is 9.65. The summed E-state index contributed by atoms with van der Waals surface area (Å²) in [6.45, 7) is 3.94. The Morgan fingerprint density at radius 2 is 2.15 bits per heavy atom. The van der Waals surface area contributed by atoms with E-state index in [9.17, 15) is 9.90 Å². The number of nitrogens with one attached hydrogen (secondary N) is 1. The van der Waals surface area contributed by atoms with Crippen LogP contribution in [0.4, 0.5) is 0 Å². The summed E-state index contributed by atoms with van der Waals surface area (Å²) in [6.07, 6.45) is 7.92. The zero-order valence-electron chi connectivity index (χ0n) is 12.0. The summed E-state index contributed by atoms with van der Waals surface area (Å²) in [4.78, 5) is 22.5. The lowest BCUT2D eigenvalue weighted by molar-refractivity contribution is 0.124. The summed E-state index contributed by atoms with van der Waals surface area (Å²) in [5.41, 5.74) is 0.617. The van der Waals surface area contributed by atoms with Gasteiger partial charge in [-0.2, -0.15) is 0 Å². The summed E-state index contributed by atoms with van der Waals surface area (Å²) in [7, 11) is 0. The zero-order chi connectivity index (χ0) is 14.5. The van der Waals surface area contributed by atoms with Crippen LogP contribution in [0.15, 0.2) is 17.4 Å². The van der Waals surface area contributed by atoms with Gasteiger partial charge in [0.15, 0.2) is 11.2 Å². The van der Waals surface area contributed by atoms with E-state index in [1.54, 1.807) is 13.3 Å². The zero-order valence-corrected chi connectivity index (χ0v) is 12.0. The van der Waals surface area contributed by atoms with Crippen LogP contribution in [0.5, 0.6) is 0 Å². The topological polar surface area (TPSA) is 83.8 Å². The van der Waals surface area contributed by atoms with Crippen molar-refractivity contribution < 1.29 is 5.11 Å². The quantitative estimate of drug-likeness (QED) is 0.759. The van der Waals surface area contributed by atoms with Gasteiger partial charge >= 0.3 is 0 Å². The highest BCUT2D eigenvalue weighted by molar-refractivity contribution is 5.68. The van der Waals surface area contributed by atoms with Gasteiger partial charge in [-0.05, 0) is 13.3 Å². The molecule has 2 aromatic rings. The monoisotopic (exact) mass is 278 g/mol. The van der Waals surface area contributed by atoms with Crippen LogP contribution in [-0.2, 0) is 0 Å². The molecular weight excluding hydrogens is 256 g/mol. The molecule has 0 aromatic carbocycles. The Morgan fingerprint density at radius 3 is 2.85 bits per heavy atom. The highest BCUT2D eigenvalue weighted by Gasteiger charge is 2.20. The molecule has 0 aliphatic carbocycles. The van der Waals surface area contributed by atoms with Crippen molar-refractivity contribution in [2.45, 2.75) is 58.1 Å². The van der Waals surface area contributed by atoms with E-state index in [4.69, 9.17) is 0 Å². The Labute approximate surface area is 117 Å². The molecule has 2 N–H and O–H groups in total. The summed E-state index contributed by atoms with van der Waals surface area (Å²) >= 11 is 0. The normalized spacial score (nSPS) is 14.6. The highest BCUT2D eigenvalue weighted by atomic mass is 16.3. The Bertz CT molecular complexity index is 602. The molecule has 0 aliphatic heterocycles. The van der Waals surface area contributed by atoms with Crippen LogP contribution < -0.4 is 5.56 Å². The lowest BCUT2D eigenvalue weighted by Gasteiger charge is -2.21. The van der Waals surface area contributed by atoms with Crippen molar-refractivity contribution in [1.29, 1.82) is 0 Å². The maximum atomic E-state index is 11.6. The van der Waals surface area contributed by atoms with Crippen molar-refractivity contribution in [1.82, 2.24) is 19.5 Å². The van der Waals surface area contributed by atoms with Crippen LogP contribution in [-0.4, -0.2) is 30.7 Å². The van der Waals surface area contributed by atoms with Crippen molar-refractivity contribution in [3.8, 4) is 0 Å². The maximum absolute atomic E-state index is 11.6. The molecule has 0 saturated carbocycles. The molecule has 2 aromatic heterocycles. The molecule has 2 heterocycles. The number of aromatic amines is 1. The lowest BCUT2D eigenvalue weighted by Crippen LogP contribution is -2.21. The van der Waals surface area contributed by atoms with Crippen LogP contribution in [0.1, 0.15) is 52.0 Å². The molecule has 6 nitrogen and oxygen atoms in total. The van der Waals surface area contributed by atoms with E-state index < -0.39 is 6.10 Å². The van der Waals surface area contributed by atoms with Gasteiger partial charge < -0.3 is 14.7 Å². The minimum absolute atomic E-state index is 0.0915. The molecule has 20 heavy (non-hydrogen) atoms. The number of unbranched alkanes of at least 4 members (excludes halogenated alkanes) is 3. The third kappa shape index (κ3) is 3.07. The first-order valence-electron chi connectivity index (χ1n) is 7.23. The van der Waals surface area contributed by atoms with Crippen molar-refractivity contribution in [2.75, 3.05) is 0 Å². The molecule has 0 fully saturated rings. The molecule has 0 aliphatic rings. The number of hydrogen-bond donors (Lipinski definition) is 2. The second-order valence-corrected chi connectivity index (χ2v) is 5.21. The molecule has 0 unspecified atom stereocenters. The summed E-state index contributed by atoms with van der Waals surface area (Å²) in [5, 5.41) is 10.0. The van der Waals surface area contributed by atoms with Crippen LogP contribution in [0.25, 0.3) is 11.2 Å². The predicted octanol–water partition coefficient (Wildman–Crippen LogP) is 2.01. The van der Waals surface area contributed by atoms with Gasteiger partial charge in [-0.15, -0.1) is 0 Å². The second kappa shape index (κ2) is 6.65. The van der Waals surface area contributed by atoms with Crippen LogP contribution >= 0.6 is 0 Å². The standard InChI is InChI=1S/C14H22N4O2/c1-3-4-5-6-7-11(10(2)19)18-9-17-12-13(18)15-8-16-14(12)20/h8-11,19H,3-7H2,1-2H3,(H,15,16,20)/t10-,11-/m1/s1. The Kier molecular flexibility index (Phi) is 4.89. The van der Waals surface area contributed by atoms with Crippen molar-refractivity contribution in [2.24, 2.45) is 0 Å². The molecule has 0 spiro atoms. The second-order valence-electron chi connectivity index (χ2n) is 5.21. The molecule has 0 amide bonds. The molecule has 2 atom stereocenters. The largest absolute Gasteiger partial charge is 0.391 e. The highest BCUT2D eigenvalue weighted by Crippen LogP contribution is 2.23. The van der Waals surface area contributed by atoms with Gasteiger partial charge in [0.1, 0.15) is 0 Å². The third-order valence-electron chi connectivity index (χ3n) is 3.63. The van der Waals surface area contributed by atoms with Gasteiger partial charge in [-0.1, -0.05) is 32.6 Å². The average molecular weight is 278 g/mol. The number of aromatic nitrogens is 4. The fourth-order valence-electron chi connectivity index (χ4n) is 2.50. The maximum Gasteiger partial charge on any atom is 0.278 e. The first-order valence-corrected chi connectivity index (χ1v) is 7.23. The van der Waals surface area contributed by atoms with Crippen molar-refractivity contribution in [3.63, 3.8) is 0 Å². The van der Waals surface area contributed by atoms with E-state index in [1.165, 1.54) is 19.2 Å². The summed E-state index contributed by atoms with van der Waals surface area (Å²) in [6, 6.07) is -0.0915. The van der Waals surface area contributed by atoms with E-state index in [1.807, 2.05) is 4.57 Å². The van der Waals surface area contributed by atoms with E-state index in [-0.39, 0.29) is 11.6 Å². The van der Waals surface area contributed by atoms with Gasteiger partial charge in [0, 0.05) is 0 Å². The molecule has 110 valence electrons. The Hall–Kier alpha value is -1.69. The van der Waals surface area contributed by atoms with Gasteiger partial charge in [0.2, 0.25) is 0 Å². The van der Waals surface area contributed by atoms with E-state index >= 15 is 0 Å². The van der Waals surface area contributed by atoms with Gasteiger partial charge in [-0.25, -0.2) is 9.97 Å². The SMILES string of the molecule is CCCCCC[C@H]([C@@H](C)O)n1cnc2c(=O)[nH]cnc21. The fraction of sp³-hybridized carbons (Fsp3) is 0.643. The van der Waals surface area contributed by atoms with Crippen LogP contribution in [0, 0.1) is 0 Å². The van der Waals surface area contributed by atoms with Crippen LogP contribution in [0.3, 0.4) is 0 Å². The molecule has 0 saturated heterocycles. The Balaban J connectivity index is 2.23. The van der Waals surface area contributed by atoms with Gasteiger partial charge in [0.05, 0.1) is 24.8 Å². The number of rotatable bonds is 7. The van der Waals surface area contributed by atoms with E-state index in [0.717, 1.165) is 19.3 Å². The molecular formula is C14H22N4O2.